The molecule has 2 amide bonds. The molecule has 0 bridgehead atoms. The summed E-state index contributed by atoms with van der Waals surface area (Å²) in [6.07, 6.45) is 4.42. The smallest absolute Gasteiger partial charge is 0.410 e. The zero-order chi connectivity index (χ0) is 16.2. The van der Waals surface area contributed by atoms with Crippen LogP contribution in [0, 0.1) is 0 Å². The summed E-state index contributed by atoms with van der Waals surface area (Å²) < 4.78 is 5.52. The molecule has 0 aromatic carbocycles. The first-order chi connectivity index (χ1) is 10.3. The van der Waals surface area contributed by atoms with Gasteiger partial charge in [0.05, 0.1) is 0 Å². The zero-order valence-electron chi connectivity index (χ0n) is 14.0. The number of ether oxygens (including phenoxy) is 1. The van der Waals surface area contributed by atoms with Crippen molar-refractivity contribution in [2.75, 3.05) is 19.6 Å². The molecule has 0 aromatic heterocycles. The van der Waals surface area contributed by atoms with Crippen LogP contribution in [0.25, 0.3) is 0 Å². The number of rotatable bonds is 3. The van der Waals surface area contributed by atoms with Gasteiger partial charge in [-0.1, -0.05) is 0 Å². The number of hydrogen-bond donors (Lipinski definition) is 2. The van der Waals surface area contributed by atoms with Crippen LogP contribution in [0.2, 0.25) is 0 Å². The van der Waals surface area contributed by atoms with Crippen molar-refractivity contribution in [3.8, 4) is 0 Å². The van der Waals surface area contributed by atoms with Crippen LogP contribution in [0.15, 0.2) is 0 Å². The Bertz CT molecular complexity index is 396. The average molecular weight is 311 g/mol. The highest BCUT2D eigenvalue weighted by atomic mass is 16.6. The molecule has 2 aliphatic rings. The van der Waals surface area contributed by atoms with E-state index in [0.29, 0.717) is 19.0 Å². The molecule has 2 N–H and O–H groups in total. The van der Waals surface area contributed by atoms with Gasteiger partial charge in [0.25, 0.3) is 0 Å². The van der Waals surface area contributed by atoms with E-state index in [4.69, 9.17) is 4.74 Å². The van der Waals surface area contributed by atoms with Crippen LogP contribution in [-0.2, 0) is 9.53 Å². The number of piperidine rings is 2. The Morgan fingerprint density at radius 1 is 1.36 bits per heavy atom. The van der Waals surface area contributed by atoms with Crippen LogP contribution >= 0.6 is 0 Å². The van der Waals surface area contributed by atoms with Crippen molar-refractivity contribution in [1.29, 1.82) is 0 Å². The Morgan fingerprint density at radius 2 is 2.14 bits per heavy atom. The lowest BCUT2D eigenvalue weighted by Crippen LogP contribution is -2.53. The van der Waals surface area contributed by atoms with Crippen LogP contribution < -0.4 is 10.6 Å². The van der Waals surface area contributed by atoms with E-state index < -0.39 is 5.60 Å². The number of amides is 2. The lowest BCUT2D eigenvalue weighted by Gasteiger charge is -2.38. The largest absolute Gasteiger partial charge is 0.444 e. The van der Waals surface area contributed by atoms with Crippen molar-refractivity contribution in [3.05, 3.63) is 0 Å². The van der Waals surface area contributed by atoms with Gasteiger partial charge < -0.3 is 20.3 Å². The van der Waals surface area contributed by atoms with E-state index in [0.717, 1.165) is 38.8 Å². The van der Waals surface area contributed by atoms with Crippen molar-refractivity contribution in [3.63, 3.8) is 0 Å². The molecule has 6 heteroatoms. The molecule has 0 radical (unpaired) electrons. The number of nitrogens with one attached hydrogen (secondary N) is 2. The van der Waals surface area contributed by atoms with Gasteiger partial charge in [0.2, 0.25) is 5.91 Å². The predicted molar refractivity (Wildman–Crippen MR) is 84.6 cm³/mol. The van der Waals surface area contributed by atoms with Gasteiger partial charge in [-0.2, -0.15) is 0 Å². The van der Waals surface area contributed by atoms with Crippen LogP contribution in [0.5, 0.6) is 0 Å². The molecule has 2 aliphatic heterocycles. The maximum Gasteiger partial charge on any atom is 0.410 e. The average Bonchev–Trinajstić information content (AvgIpc) is 2.45. The molecule has 2 atom stereocenters. The fourth-order valence-electron chi connectivity index (χ4n) is 2.98. The summed E-state index contributed by atoms with van der Waals surface area (Å²) in [5, 5.41) is 6.37. The molecule has 0 saturated carbocycles. The molecule has 0 aromatic rings. The molecule has 2 unspecified atom stereocenters. The summed E-state index contributed by atoms with van der Waals surface area (Å²) in [5.74, 6) is 0.131. The third-order valence-corrected chi connectivity index (χ3v) is 4.16. The Kier molecular flexibility index (Phi) is 5.67. The predicted octanol–water partition coefficient (Wildman–Crippen LogP) is 1.64. The number of nitrogens with zero attached hydrogens (tertiary/aromatic N) is 1. The summed E-state index contributed by atoms with van der Waals surface area (Å²) in [7, 11) is 0. The van der Waals surface area contributed by atoms with Crippen molar-refractivity contribution in [1.82, 2.24) is 15.5 Å². The van der Waals surface area contributed by atoms with Gasteiger partial charge in [-0.3, -0.25) is 4.79 Å². The third-order valence-electron chi connectivity index (χ3n) is 4.16. The molecule has 2 heterocycles. The van der Waals surface area contributed by atoms with Crippen molar-refractivity contribution in [2.45, 2.75) is 70.6 Å². The van der Waals surface area contributed by atoms with Gasteiger partial charge in [0.1, 0.15) is 5.60 Å². The van der Waals surface area contributed by atoms with Crippen molar-refractivity contribution in [2.24, 2.45) is 0 Å². The Labute approximate surface area is 132 Å². The minimum absolute atomic E-state index is 0.131. The SMILES string of the molecule is CC(C)(C)OC(=O)N1CCCCC1CNC1CCC(=O)NC1. The van der Waals surface area contributed by atoms with E-state index in [1.54, 1.807) is 0 Å². The highest BCUT2D eigenvalue weighted by Crippen LogP contribution is 2.20. The molecule has 6 nitrogen and oxygen atoms in total. The standard InChI is InChI=1S/C16H29N3O3/c1-16(2,3)22-15(21)19-9-5-4-6-13(19)11-17-12-7-8-14(20)18-10-12/h12-13,17H,4-11H2,1-3H3,(H,18,20). The van der Waals surface area contributed by atoms with E-state index in [9.17, 15) is 9.59 Å². The van der Waals surface area contributed by atoms with Crippen LogP contribution in [0.3, 0.4) is 0 Å². The first-order valence-corrected chi connectivity index (χ1v) is 8.35. The number of likely N-dealkylation sites (tertiary alicyclic amines) is 1. The van der Waals surface area contributed by atoms with Gasteiger partial charge in [-0.15, -0.1) is 0 Å². The molecule has 2 rings (SSSR count). The van der Waals surface area contributed by atoms with E-state index in [1.807, 2.05) is 25.7 Å². The fraction of sp³-hybridized carbons (Fsp3) is 0.875. The normalized spacial score (nSPS) is 26.5. The molecular formula is C16H29N3O3. The quantitative estimate of drug-likeness (QED) is 0.831. The lowest BCUT2D eigenvalue weighted by atomic mass is 10.0. The maximum atomic E-state index is 12.3. The molecular weight excluding hydrogens is 282 g/mol. The molecule has 22 heavy (non-hydrogen) atoms. The van der Waals surface area contributed by atoms with Gasteiger partial charge in [-0.25, -0.2) is 4.79 Å². The molecule has 2 saturated heterocycles. The van der Waals surface area contributed by atoms with E-state index >= 15 is 0 Å². The first kappa shape index (κ1) is 17.1. The second-order valence-electron chi connectivity index (χ2n) is 7.27. The number of hydrogen-bond acceptors (Lipinski definition) is 4. The summed E-state index contributed by atoms with van der Waals surface area (Å²) in [6.45, 7) is 7.90. The monoisotopic (exact) mass is 311 g/mol. The van der Waals surface area contributed by atoms with Crippen molar-refractivity contribution < 1.29 is 14.3 Å². The highest BCUT2D eigenvalue weighted by molar-refractivity contribution is 5.76. The minimum atomic E-state index is -0.458. The maximum absolute atomic E-state index is 12.3. The lowest BCUT2D eigenvalue weighted by molar-refractivity contribution is -0.122. The molecule has 126 valence electrons. The van der Waals surface area contributed by atoms with Crippen molar-refractivity contribution >= 4 is 12.0 Å². The topological polar surface area (TPSA) is 70.7 Å². The van der Waals surface area contributed by atoms with E-state index in [-0.39, 0.29) is 18.0 Å². The Morgan fingerprint density at radius 3 is 2.77 bits per heavy atom. The van der Waals surface area contributed by atoms with E-state index in [2.05, 4.69) is 10.6 Å². The summed E-state index contributed by atoms with van der Waals surface area (Å²) in [6, 6.07) is 0.487. The van der Waals surface area contributed by atoms with Gasteiger partial charge in [0.15, 0.2) is 0 Å². The Hall–Kier alpha value is -1.30. The van der Waals surface area contributed by atoms with Gasteiger partial charge >= 0.3 is 6.09 Å². The van der Waals surface area contributed by atoms with Crippen LogP contribution in [0.4, 0.5) is 4.79 Å². The zero-order valence-corrected chi connectivity index (χ0v) is 14.0. The minimum Gasteiger partial charge on any atom is -0.444 e. The van der Waals surface area contributed by atoms with Crippen LogP contribution in [-0.4, -0.2) is 54.2 Å². The second kappa shape index (κ2) is 7.31. The van der Waals surface area contributed by atoms with Gasteiger partial charge in [0, 0.05) is 38.1 Å². The van der Waals surface area contributed by atoms with Gasteiger partial charge in [-0.05, 0) is 46.5 Å². The van der Waals surface area contributed by atoms with Crippen LogP contribution in [0.1, 0.15) is 52.9 Å². The fourth-order valence-corrected chi connectivity index (χ4v) is 2.98. The molecule has 0 spiro atoms. The van der Waals surface area contributed by atoms with E-state index in [1.165, 1.54) is 0 Å². The second-order valence-corrected chi connectivity index (χ2v) is 7.27. The third kappa shape index (κ3) is 5.16. The first-order valence-electron chi connectivity index (χ1n) is 8.35. The summed E-state index contributed by atoms with van der Waals surface area (Å²) in [5.41, 5.74) is -0.458. The molecule has 2 fully saturated rings. The Balaban J connectivity index is 1.84. The molecule has 0 aliphatic carbocycles. The number of carbonyl (C=O) groups is 2. The highest BCUT2D eigenvalue weighted by Gasteiger charge is 2.31. The summed E-state index contributed by atoms with van der Waals surface area (Å²) >= 11 is 0. The summed E-state index contributed by atoms with van der Waals surface area (Å²) in [4.78, 5) is 25.4. The number of carbonyl (C=O) groups excluding carboxylic acids is 2.